The Labute approximate surface area is 124 Å². The zero-order valence-corrected chi connectivity index (χ0v) is 12.8. The molecule has 3 amide bonds. The van der Waals surface area contributed by atoms with Crippen LogP contribution in [0.15, 0.2) is 0 Å². The molecular weight excluding hydrogens is 274 g/mol. The lowest BCUT2D eigenvalue weighted by Gasteiger charge is -2.39. The summed E-state index contributed by atoms with van der Waals surface area (Å²) in [5, 5.41) is 14.6. The van der Waals surface area contributed by atoms with Crippen LogP contribution in [-0.4, -0.2) is 35.1 Å². The van der Waals surface area contributed by atoms with Crippen LogP contribution >= 0.6 is 0 Å². The van der Waals surface area contributed by atoms with Gasteiger partial charge in [0, 0.05) is 6.04 Å². The molecule has 120 valence electrons. The predicted octanol–water partition coefficient (Wildman–Crippen LogP) is 0.829. The molecule has 7 heteroatoms. The van der Waals surface area contributed by atoms with Crippen LogP contribution in [0.25, 0.3) is 0 Å². The maximum Gasteiger partial charge on any atom is 0.312 e. The van der Waals surface area contributed by atoms with Gasteiger partial charge in [-0.25, -0.2) is 4.79 Å². The summed E-state index contributed by atoms with van der Waals surface area (Å²) >= 11 is 0. The number of aliphatic carboxylic acids is 1. The van der Waals surface area contributed by atoms with Crippen molar-refractivity contribution in [1.82, 2.24) is 10.6 Å². The zero-order valence-electron chi connectivity index (χ0n) is 12.8. The van der Waals surface area contributed by atoms with Crippen molar-refractivity contribution in [1.29, 1.82) is 0 Å². The molecule has 0 heterocycles. The molecule has 1 fully saturated rings. The first-order valence-electron chi connectivity index (χ1n) is 7.28. The number of nitrogens with two attached hydrogens (primary N) is 1. The number of rotatable bonds is 5. The van der Waals surface area contributed by atoms with Crippen molar-refractivity contribution in [2.24, 2.45) is 17.1 Å². The number of urea groups is 1. The highest BCUT2D eigenvalue weighted by molar-refractivity contribution is 5.87. The van der Waals surface area contributed by atoms with Crippen LogP contribution in [0, 0.1) is 11.3 Å². The molecule has 1 saturated carbocycles. The van der Waals surface area contributed by atoms with E-state index in [1.165, 1.54) is 0 Å². The molecular formula is C14H25N3O4. The summed E-state index contributed by atoms with van der Waals surface area (Å²) in [5.74, 6) is -1.43. The lowest BCUT2D eigenvalue weighted by atomic mass is 9.71. The van der Waals surface area contributed by atoms with Gasteiger partial charge in [0.2, 0.25) is 5.91 Å². The van der Waals surface area contributed by atoms with Gasteiger partial charge in [0.1, 0.15) is 6.04 Å². The molecule has 0 bridgehead atoms. The summed E-state index contributed by atoms with van der Waals surface area (Å²) in [5.41, 5.74) is 4.11. The molecule has 1 aliphatic carbocycles. The van der Waals surface area contributed by atoms with E-state index in [-0.39, 0.29) is 11.8 Å². The molecule has 0 radical (unpaired) electrons. The van der Waals surface area contributed by atoms with Crippen molar-refractivity contribution in [2.75, 3.05) is 0 Å². The Hall–Kier alpha value is -1.79. The molecule has 0 saturated heterocycles. The van der Waals surface area contributed by atoms with Crippen LogP contribution in [-0.2, 0) is 9.59 Å². The van der Waals surface area contributed by atoms with Gasteiger partial charge < -0.3 is 21.5 Å². The number of nitrogens with one attached hydrogen (secondary N) is 2. The number of carbonyl (C=O) groups is 3. The van der Waals surface area contributed by atoms with Crippen molar-refractivity contribution in [3.8, 4) is 0 Å². The second-order valence-electron chi connectivity index (χ2n) is 6.26. The van der Waals surface area contributed by atoms with E-state index in [1.54, 1.807) is 20.8 Å². The minimum Gasteiger partial charge on any atom is -0.481 e. The summed E-state index contributed by atoms with van der Waals surface area (Å²) in [6, 6.07) is -1.97. The van der Waals surface area contributed by atoms with E-state index < -0.39 is 29.5 Å². The first-order chi connectivity index (χ1) is 9.68. The minimum absolute atomic E-state index is 0.142. The summed E-state index contributed by atoms with van der Waals surface area (Å²) in [6.45, 7) is 5.24. The van der Waals surface area contributed by atoms with Gasteiger partial charge in [-0.2, -0.15) is 0 Å². The Kier molecular flexibility index (Phi) is 5.57. The van der Waals surface area contributed by atoms with Crippen LogP contribution in [0.3, 0.4) is 0 Å². The highest BCUT2D eigenvalue weighted by Crippen LogP contribution is 2.36. The first kappa shape index (κ1) is 17.3. The van der Waals surface area contributed by atoms with E-state index >= 15 is 0 Å². The number of hydrogen-bond acceptors (Lipinski definition) is 3. The van der Waals surface area contributed by atoms with Gasteiger partial charge in [-0.3, -0.25) is 9.59 Å². The number of carboxylic acid groups (broad SMARTS) is 1. The van der Waals surface area contributed by atoms with E-state index in [0.717, 1.165) is 12.8 Å². The molecule has 1 rings (SSSR count). The maximum absolute atomic E-state index is 12.3. The lowest BCUT2D eigenvalue weighted by Crippen LogP contribution is -2.58. The third-order valence-corrected chi connectivity index (χ3v) is 4.26. The van der Waals surface area contributed by atoms with Crippen molar-refractivity contribution < 1.29 is 19.5 Å². The Morgan fingerprint density at radius 1 is 1.29 bits per heavy atom. The molecule has 3 atom stereocenters. The van der Waals surface area contributed by atoms with E-state index in [4.69, 9.17) is 5.73 Å². The van der Waals surface area contributed by atoms with Gasteiger partial charge in [0.25, 0.3) is 0 Å². The van der Waals surface area contributed by atoms with Crippen molar-refractivity contribution >= 4 is 17.9 Å². The van der Waals surface area contributed by atoms with Crippen LogP contribution in [0.5, 0.6) is 0 Å². The third-order valence-electron chi connectivity index (χ3n) is 4.26. The molecule has 1 aliphatic rings. The standard InChI is InChI=1S/C14H25N3O4/c1-8(2)10(17-13(15)21)11(18)16-9-6-4-5-7-14(9,3)12(19)20/h8-10H,4-7H2,1-3H3,(H,16,18)(H,19,20)(H3,15,17,21). The molecule has 0 aromatic heterocycles. The smallest absolute Gasteiger partial charge is 0.312 e. The zero-order chi connectivity index (χ0) is 16.2. The normalized spacial score (nSPS) is 27.0. The van der Waals surface area contributed by atoms with Gasteiger partial charge in [0.15, 0.2) is 0 Å². The maximum atomic E-state index is 12.3. The summed E-state index contributed by atoms with van der Waals surface area (Å²) in [4.78, 5) is 34.8. The minimum atomic E-state index is -0.970. The van der Waals surface area contributed by atoms with Crippen LogP contribution < -0.4 is 16.4 Å². The predicted molar refractivity (Wildman–Crippen MR) is 77.5 cm³/mol. The quantitative estimate of drug-likeness (QED) is 0.600. The molecule has 21 heavy (non-hydrogen) atoms. The molecule has 0 aromatic rings. The average molecular weight is 299 g/mol. The van der Waals surface area contributed by atoms with E-state index in [9.17, 15) is 19.5 Å². The fraction of sp³-hybridized carbons (Fsp3) is 0.786. The first-order valence-corrected chi connectivity index (χ1v) is 7.28. The largest absolute Gasteiger partial charge is 0.481 e. The van der Waals surface area contributed by atoms with Crippen LogP contribution in [0.1, 0.15) is 46.5 Å². The van der Waals surface area contributed by atoms with Gasteiger partial charge in [-0.1, -0.05) is 26.7 Å². The summed E-state index contributed by atoms with van der Waals surface area (Å²) in [6.07, 6.45) is 2.87. The van der Waals surface area contributed by atoms with Crippen molar-refractivity contribution in [3.05, 3.63) is 0 Å². The highest BCUT2D eigenvalue weighted by atomic mass is 16.4. The van der Waals surface area contributed by atoms with Gasteiger partial charge in [-0.05, 0) is 25.7 Å². The molecule has 5 N–H and O–H groups in total. The molecule has 0 aliphatic heterocycles. The SMILES string of the molecule is CC(C)C(NC(N)=O)C(=O)NC1CCCCC1(C)C(=O)O. The second kappa shape index (κ2) is 6.78. The number of carboxylic acids is 1. The fourth-order valence-corrected chi connectivity index (χ4v) is 2.77. The van der Waals surface area contributed by atoms with Crippen LogP contribution in [0.4, 0.5) is 4.79 Å². The molecule has 7 nitrogen and oxygen atoms in total. The van der Waals surface area contributed by atoms with E-state index in [2.05, 4.69) is 10.6 Å². The number of hydrogen-bond donors (Lipinski definition) is 4. The second-order valence-corrected chi connectivity index (χ2v) is 6.26. The number of primary amides is 1. The Morgan fingerprint density at radius 2 is 1.90 bits per heavy atom. The average Bonchev–Trinajstić information content (AvgIpc) is 2.37. The molecule has 0 spiro atoms. The summed E-state index contributed by atoms with van der Waals surface area (Å²) < 4.78 is 0. The highest BCUT2D eigenvalue weighted by Gasteiger charge is 2.44. The fourth-order valence-electron chi connectivity index (χ4n) is 2.77. The number of amides is 3. The Bertz CT molecular complexity index is 424. The third kappa shape index (κ3) is 4.09. The molecule has 0 aromatic carbocycles. The summed E-state index contributed by atoms with van der Waals surface area (Å²) in [7, 11) is 0. The molecule has 3 unspecified atom stereocenters. The topological polar surface area (TPSA) is 122 Å². The van der Waals surface area contributed by atoms with Gasteiger partial charge in [-0.15, -0.1) is 0 Å². The van der Waals surface area contributed by atoms with Crippen molar-refractivity contribution in [2.45, 2.75) is 58.5 Å². The Balaban J connectivity index is 2.83. The van der Waals surface area contributed by atoms with E-state index in [0.29, 0.717) is 12.8 Å². The lowest BCUT2D eigenvalue weighted by molar-refractivity contribution is -0.152. The Morgan fingerprint density at radius 3 is 2.38 bits per heavy atom. The van der Waals surface area contributed by atoms with Gasteiger partial charge >= 0.3 is 12.0 Å². The number of carbonyl (C=O) groups excluding carboxylic acids is 2. The van der Waals surface area contributed by atoms with E-state index in [1.807, 2.05) is 0 Å². The van der Waals surface area contributed by atoms with Crippen LogP contribution in [0.2, 0.25) is 0 Å². The van der Waals surface area contributed by atoms with Crippen molar-refractivity contribution in [3.63, 3.8) is 0 Å². The van der Waals surface area contributed by atoms with Gasteiger partial charge in [0.05, 0.1) is 5.41 Å². The monoisotopic (exact) mass is 299 g/mol.